The fourth-order valence-electron chi connectivity index (χ4n) is 11.7. The monoisotopic (exact) mass is 554 g/mol. The quantitative estimate of drug-likeness (QED) is 0.237. The Bertz CT molecular complexity index is 1280. The second-order valence-electron chi connectivity index (χ2n) is 15.8. The van der Waals surface area contributed by atoms with Crippen molar-refractivity contribution in [2.75, 3.05) is 7.11 Å². The molecule has 0 radical (unpaired) electrons. The van der Waals surface area contributed by atoms with Crippen LogP contribution in [0.4, 0.5) is 0 Å². The fourth-order valence-corrected chi connectivity index (χ4v) is 11.7. The highest BCUT2D eigenvalue weighted by atomic mass is 16.6. The predicted molar refractivity (Wildman–Crippen MR) is 146 cm³/mol. The number of hydrogen-bond donors (Lipinski definition) is 0. The van der Waals surface area contributed by atoms with Crippen molar-refractivity contribution >= 4 is 23.7 Å². The van der Waals surface area contributed by atoms with Crippen LogP contribution >= 0.6 is 0 Å². The van der Waals surface area contributed by atoms with Crippen LogP contribution in [0, 0.1) is 49.7 Å². The first-order valence-corrected chi connectivity index (χ1v) is 15.2. The van der Waals surface area contributed by atoms with Crippen LogP contribution in [0.15, 0.2) is 11.3 Å². The van der Waals surface area contributed by atoms with Crippen LogP contribution in [-0.4, -0.2) is 36.9 Å². The van der Waals surface area contributed by atoms with Crippen molar-refractivity contribution in [1.82, 2.24) is 0 Å². The molecule has 1 spiro atoms. The van der Waals surface area contributed by atoms with Gasteiger partial charge in [-0.2, -0.15) is 0 Å². The summed E-state index contributed by atoms with van der Waals surface area (Å²) in [5.41, 5.74) is -3.80. The molecule has 6 rings (SSSR count). The molecule has 0 aromatic rings. The standard InChI is InChI=1S/C33H46O7/c1-18(34)39-20-11-12-29(5)19(27(20,2)3)10-13-31(7)21(29)23(35)33-22-24(40-26(33)37)30(6,25(36)38-9)16-14-28(22,4)15-17-32(31,33)8/h19-21H,10-17H2,1-9H3/t19-,20-,21+,28+,29-,30-,31+,32-,33+/m0/s1. The number of ether oxygens (including phenoxy) is 3. The number of hydrogen-bond acceptors (Lipinski definition) is 7. The van der Waals surface area contributed by atoms with Gasteiger partial charge in [0.05, 0.1) is 7.11 Å². The molecule has 1 heterocycles. The Hall–Kier alpha value is -2.18. The minimum Gasteiger partial charge on any atom is -0.468 e. The number of ketones is 1. The maximum Gasteiger partial charge on any atom is 0.329 e. The number of Topliss-reactive ketones (excluding diaryl/α,β-unsaturated/α-hetero) is 1. The Morgan fingerprint density at radius 1 is 0.875 bits per heavy atom. The van der Waals surface area contributed by atoms with Crippen molar-refractivity contribution in [2.24, 2.45) is 49.7 Å². The zero-order chi connectivity index (χ0) is 29.5. The van der Waals surface area contributed by atoms with E-state index in [0.717, 1.165) is 37.7 Å². The van der Waals surface area contributed by atoms with Crippen molar-refractivity contribution < 1.29 is 33.4 Å². The third-order valence-corrected chi connectivity index (χ3v) is 13.9. The molecule has 220 valence electrons. The molecule has 40 heavy (non-hydrogen) atoms. The predicted octanol–water partition coefficient (Wildman–Crippen LogP) is 5.94. The van der Waals surface area contributed by atoms with E-state index in [9.17, 15) is 14.4 Å². The average Bonchev–Trinajstić information content (AvgIpc) is 3.29. The first-order chi connectivity index (χ1) is 18.4. The van der Waals surface area contributed by atoms with Gasteiger partial charge in [0, 0.05) is 29.2 Å². The van der Waals surface area contributed by atoms with Gasteiger partial charge in [-0.25, -0.2) is 0 Å². The topological polar surface area (TPSA) is 96.0 Å². The summed E-state index contributed by atoms with van der Waals surface area (Å²) in [6.07, 6.45) is 5.83. The van der Waals surface area contributed by atoms with Crippen molar-refractivity contribution in [1.29, 1.82) is 0 Å². The van der Waals surface area contributed by atoms with Crippen LogP contribution in [0.2, 0.25) is 0 Å². The lowest BCUT2D eigenvalue weighted by molar-refractivity contribution is -0.197. The molecule has 7 nitrogen and oxygen atoms in total. The van der Waals surface area contributed by atoms with Gasteiger partial charge in [-0.1, -0.05) is 41.5 Å². The Morgan fingerprint density at radius 2 is 1.52 bits per heavy atom. The third-order valence-electron chi connectivity index (χ3n) is 13.9. The Labute approximate surface area is 238 Å². The smallest absolute Gasteiger partial charge is 0.329 e. The van der Waals surface area contributed by atoms with Gasteiger partial charge < -0.3 is 14.2 Å². The number of carbonyl (C=O) groups is 4. The summed E-state index contributed by atoms with van der Waals surface area (Å²) in [5.74, 6) is -0.951. The SMILES string of the molecule is COC(=O)[C@@]1(C)CC[C@]2(C)CC[C@]3(C)[C@@]4(C(=O)OC1=C24)C(=O)[C@@H]1[C@@]2(C)CC[C@H](OC(C)=O)C(C)(C)[C@@H]2CC[C@]13C. The van der Waals surface area contributed by atoms with E-state index in [1.807, 2.05) is 6.92 Å². The van der Waals surface area contributed by atoms with Crippen LogP contribution in [-0.2, 0) is 33.4 Å². The van der Waals surface area contributed by atoms with Crippen molar-refractivity contribution in [3.8, 4) is 0 Å². The van der Waals surface area contributed by atoms with E-state index >= 15 is 4.79 Å². The van der Waals surface area contributed by atoms with Gasteiger partial charge in [0.1, 0.15) is 17.3 Å². The number of rotatable bonds is 2. The largest absolute Gasteiger partial charge is 0.468 e. The van der Waals surface area contributed by atoms with Gasteiger partial charge >= 0.3 is 17.9 Å². The lowest BCUT2D eigenvalue weighted by Gasteiger charge is -2.64. The van der Waals surface area contributed by atoms with Crippen LogP contribution < -0.4 is 0 Å². The molecule has 4 saturated carbocycles. The molecule has 0 bridgehead atoms. The highest BCUT2D eigenvalue weighted by molar-refractivity contribution is 6.14. The number of carbonyl (C=O) groups excluding carboxylic acids is 4. The molecule has 0 amide bonds. The minimum absolute atomic E-state index is 0.00137. The van der Waals surface area contributed by atoms with Gasteiger partial charge in [-0.05, 0) is 80.5 Å². The number of methoxy groups -OCH3 is 1. The second-order valence-corrected chi connectivity index (χ2v) is 15.8. The van der Waals surface area contributed by atoms with Crippen molar-refractivity contribution in [3.63, 3.8) is 0 Å². The van der Waals surface area contributed by atoms with E-state index in [-0.39, 0.29) is 45.9 Å². The highest BCUT2D eigenvalue weighted by Gasteiger charge is 2.86. The number of fused-ring (bicyclic) bond motifs is 4. The van der Waals surface area contributed by atoms with E-state index < -0.39 is 33.6 Å². The summed E-state index contributed by atoms with van der Waals surface area (Å²) in [6.45, 7) is 16.5. The molecule has 9 atom stereocenters. The molecular weight excluding hydrogens is 508 g/mol. The van der Waals surface area contributed by atoms with Crippen LogP contribution in [0.1, 0.15) is 107 Å². The lowest BCUT2D eigenvalue weighted by atomic mass is 9.39. The molecule has 5 aliphatic carbocycles. The molecule has 0 unspecified atom stereocenters. The first-order valence-electron chi connectivity index (χ1n) is 15.2. The molecule has 0 aromatic carbocycles. The maximum atomic E-state index is 15.4. The van der Waals surface area contributed by atoms with Crippen LogP contribution in [0.5, 0.6) is 0 Å². The first kappa shape index (κ1) is 28.0. The summed E-state index contributed by atoms with van der Waals surface area (Å²) >= 11 is 0. The molecule has 1 aliphatic heterocycles. The molecular formula is C33H46O7. The summed E-state index contributed by atoms with van der Waals surface area (Å²) in [6, 6.07) is 0. The van der Waals surface area contributed by atoms with E-state index in [0.29, 0.717) is 25.0 Å². The Balaban J connectivity index is 1.56. The molecule has 4 fully saturated rings. The average molecular weight is 555 g/mol. The summed E-state index contributed by atoms with van der Waals surface area (Å²) in [7, 11) is 1.37. The molecule has 6 aliphatic rings. The van der Waals surface area contributed by atoms with Gasteiger partial charge in [-0.15, -0.1) is 0 Å². The van der Waals surface area contributed by atoms with Crippen LogP contribution in [0.3, 0.4) is 0 Å². The minimum atomic E-state index is -1.39. The normalized spacial score (nSPS) is 50.3. The zero-order valence-electron chi connectivity index (χ0n) is 25.7. The molecule has 7 heteroatoms. The summed E-state index contributed by atoms with van der Waals surface area (Å²) in [4.78, 5) is 55.0. The Kier molecular flexibility index (Phi) is 5.45. The Morgan fingerprint density at radius 3 is 2.15 bits per heavy atom. The van der Waals surface area contributed by atoms with E-state index in [1.165, 1.54) is 14.0 Å². The van der Waals surface area contributed by atoms with Crippen molar-refractivity contribution in [2.45, 2.75) is 113 Å². The van der Waals surface area contributed by atoms with Gasteiger partial charge in [0.15, 0.2) is 11.2 Å². The molecule has 0 aromatic heterocycles. The third kappa shape index (κ3) is 2.74. The van der Waals surface area contributed by atoms with E-state index in [1.54, 1.807) is 0 Å². The van der Waals surface area contributed by atoms with Crippen molar-refractivity contribution in [3.05, 3.63) is 11.3 Å². The van der Waals surface area contributed by atoms with Gasteiger partial charge in [0.25, 0.3) is 0 Å². The van der Waals surface area contributed by atoms with E-state index in [2.05, 4.69) is 41.5 Å². The fraction of sp³-hybridized carbons (Fsp3) is 0.818. The van der Waals surface area contributed by atoms with Gasteiger partial charge in [-0.3, -0.25) is 19.2 Å². The number of esters is 3. The second kappa shape index (κ2) is 7.80. The van der Waals surface area contributed by atoms with Crippen LogP contribution in [0.25, 0.3) is 0 Å². The lowest BCUT2D eigenvalue weighted by Crippen LogP contribution is -2.61. The highest BCUT2D eigenvalue weighted by Crippen LogP contribution is 2.83. The summed E-state index contributed by atoms with van der Waals surface area (Å²) in [5, 5.41) is 0. The molecule has 0 N–H and O–H groups in total. The van der Waals surface area contributed by atoms with E-state index in [4.69, 9.17) is 14.2 Å². The maximum absolute atomic E-state index is 15.4. The molecule has 0 saturated heterocycles. The van der Waals surface area contributed by atoms with Gasteiger partial charge in [0.2, 0.25) is 0 Å². The summed E-state index contributed by atoms with van der Waals surface area (Å²) < 4.78 is 17.3. The zero-order valence-corrected chi connectivity index (χ0v) is 25.7.